The molecule has 1 unspecified atom stereocenters. The molecule has 1 aliphatic heterocycles. The number of carbonyl (C=O) groups is 1. The molecular formula is C14H18ClNO3S. The summed E-state index contributed by atoms with van der Waals surface area (Å²) in [5.41, 5.74) is 0.437. The predicted octanol–water partition coefficient (Wildman–Crippen LogP) is 2.38. The third-order valence-electron chi connectivity index (χ3n) is 3.48. The summed E-state index contributed by atoms with van der Waals surface area (Å²) in [5, 5.41) is 0.402. The van der Waals surface area contributed by atoms with Crippen molar-refractivity contribution < 1.29 is 13.2 Å². The fraction of sp³-hybridized carbons (Fsp3) is 0.500. The Morgan fingerprint density at radius 2 is 2.10 bits per heavy atom. The average molecular weight is 316 g/mol. The Bertz CT molecular complexity index is 600. The van der Waals surface area contributed by atoms with Gasteiger partial charge in [0.2, 0.25) is 0 Å². The van der Waals surface area contributed by atoms with Crippen LogP contribution in [0.4, 0.5) is 0 Å². The van der Waals surface area contributed by atoms with Crippen LogP contribution in [0.1, 0.15) is 30.1 Å². The summed E-state index contributed by atoms with van der Waals surface area (Å²) >= 11 is 6.06. The molecule has 6 heteroatoms. The van der Waals surface area contributed by atoms with Crippen LogP contribution >= 0.6 is 11.6 Å². The molecule has 0 radical (unpaired) electrons. The lowest BCUT2D eigenvalue weighted by Crippen LogP contribution is -2.41. The van der Waals surface area contributed by atoms with Crippen LogP contribution in [0.3, 0.4) is 0 Å². The third kappa shape index (κ3) is 3.33. The summed E-state index contributed by atoms with van der Waals surface area (Å²) < 4.78 is 23.2. The highest BCUT2D eigenvalue weighted by molar-refractivity contribution is 7.91. The van der Waals surface area contributed by atoms with E-state index in [2.05, 4.69) is 0 Å². The van der Waals surface area contributed by atoms with Crippen molar-refractivity contribution in [2.24, 2.45) is 0 Å². The molecule has 1 saturated heterocycles. The summed E-state index contributed by atoms with van der Waals surface area (Å²) in [6, 6.07) is 6.64. The number of benzene rings is 1. The van der Waals surface area contributed by atoms with Crippen molar-refractivity contribution in [1.82, 2.24) is 4.90 Å². The van der Waals surface area contributed by atoms with Gasteiger partial charge in [-0.25, -0.2) is 8.42 Å². The van der Waals surface area contributed by atoms with Crippen molar-refractivity contribution in [3.05, 3.63) is 34.9 Å². The lowest BCUT2D eigenvalue weighted by Gasteiger charge is -2.28. The molecule has 1 aliphatic rings. The van der Waals surface area contributed by atoms with Gasteiger partial charge in [0.05, 0.1) is 22.1 Å². The molecule has 0 bridgehead atoms. The van der Waals surface area contributed by atoms with Crippen molar-refractivity contribution >= 4 is 27.3 Å². The number of hydrogen-bond acceptors (Lipinski definition) is 3. The second-order valence-electron chi connectivity index (χ2n) is 5.04. The van der Waals surface area contributed by atoms with E-state index in [1.807, 2.05) is 6.92 Å². The maximum Gasteiger partial charge on any atom is 0.255 e. The van der Waals surface area contributed by atoms with Gasteiger partial charge in [0.15, 0.2) is 9.84 Å². The maximum absolute atomic E-state index is 12.6. The minimum absolute atomic E-state index is 0.0587. The highest BCUT2D eigenvalue weighted by Gasteiger charge is 2.34. The van der Waals surface area contributed by atoms with E-state index in [0.29, 0.717) is 23.6 Å². The lowest BCUT2D eigenvalue weighted by atomic mass is 10.1. The monoisotopic (exact) mass is 315 g/mol. The molecule has 4 nitrogen and oxygen atoms in total. The molecule has 1 heterocycles. The van der Waals surface area contributed by atoms with Gasteiger partial charge in [0.1, 0.15) is 0 Å². The van der Waals surface area contributed by atoms with Gasteiger partial charge in [0, 0.05) is 12.6 Å². The van der Waals surface area contributed by atoms with Gasteiger partial charge in [-0.2, -0.15) is 0 Å². The van der Waals surface area contributed by atoms with Crippen molar-refractivity contribution in [2.75, 3.05) is 18.1 Å². The van der Waals surface area contributed by atoms with Gasteiger partial charge < -0.3 is 4.90 Å². The van der Waals surface area contributed by atoms with Crippen LogP contribution < -0.4 is 0 Å². The van der Waals surface area contributed by atoms with Gasteiger partial charge in [-0.3, -0.25) is 4.79 Å². The van der Waals surface area contributed by atoms with Gasteiger partial charge >= 0.3 is 0 Å². The summed E-state index contributed by atoms with van der Waals surface area (Å²) in [7, 11) is -3.01. The van der Waals surface area contributed by atoms with Crippen LogP contribution in [-0.2, 0) is 9.84 Å². The molecule has 0 aliphatic carbocycles. The molecular weight excluding hydrogens is 298 g/mol. The van der Waals surface area contributed by atoms with Crippen LogP contribution in [0.5, 0.6) is 0 Å². The molecule has 110 valence electrons. The van der Waals surface area contributed by atoms with Gasteiger partial charge in [-0.1, -0.05) is 30.7 Å². The Hall–Kier alpha value is -1.07. The number of sulfone groups is 1. The van der Waals surface area contributed by atoms with Crippen LogP contribution in [-0.4, -0.2) is 43.3 Å². The maximum atomic E-state index is 12.6. The highest BCUT2D eigenvalue weighted by Crippen LogP contribution is 2.23. The van der Waals surface area contributed by atoms with Crippen molar-refractivity contribution in [3.63, 3.8) is 0 Å². The minimum Gasteiger partial charge on any atom is -0.335 e. The minimum atomic E-state index is -3.01. The quantitative estimate of drug-likeness (QED) is 0.857. The molecule has 1 atom stereocenters. The molecule has 1 aromatic rings. The first-order valence-electron chi connectivity index (χ1n) is 6.70. The van der Waals surface area contributed by atoms with E-state index >= 15 is 0 Å². The molecule has 1 amide bonds. The van der Waals surface area contributed by atoms with Crippen molar-refractivity contribution in [2.45, 2.75) is 25.8 Å². The normalized spacial score (nSPS) is 20.8. The summed E-state index contributed by atoms with van der Waals surface area (Å²) in [6.07, 6.45) is 1.30. The summed E-state index contributed by atoms with van der Waals surface area (Å²) in [6.45, 7) is 2.51. The largest absolute Gasteiger partial charge is 0.335 e. The van der Waals surface area contributed by atoms with E-state index in [4.69, 9.17) is 11.6 Å². The van der Waals surface area contributed by atoms with Gasteiger partial charge in [0.25, 0.3) is 5.91 Å². The number of hydrogen-bond donors (Lipinski definition) is 0. The summed E-state index contributed by atoms with van der Waals surface area (Å²) in [4.78, 5) is 14.3. The van der Waals surface area contributed by atoms with Gasteiger partial charge in [-0.15, -0.1) is 0 Å². The van der Waals surface area contributed by atoms with Crippen LogP contribution in [0, 0.1) is 0 Å². The molecule has 0 spiro atoms. The van der Waals surface area contributed by atoms with E-state index < -0.39 is 9.84 Å². The summed E-state index contributed by atoms with van der Waals surface area (Å²) in [5.74, 6) is 0.0382. The zero-order chi connectivity index (χ0) is 14.8. The molecule has 1 aromatic carbocycles. The molecule has 0 saturated carbocycles. The number of rotatable bonds is 4. The standard InChI is InChI=1S/C14H18ClNO3S/c1-2-8-16(11-7-9-20(18,19)10-11)14(17)12-5-3-4-6-13(12)15/h3-6,11H,2,7-10H2,1H3. The Labute approximate surface area is 124 Å². The predicted molar refractivity (Wildman–Crippen MR) is 79.8 cm³/mol. The first-order valence-corrected chi connectivity index (χ1v) is 8.90. The third-order valence-corrected chi connectivity index (χ3v) is 5.56. The fourth-order valence-corrected chi connectivity index (χ4v) is 4.45. The first-order chi connectivity index (χ1) is 9.44. The number of carbonyl (C=O) groups excluding carboxylic acids is 1. The second kappa shape index (κ2) is 6.14. The molecule has 2 rings (SSSR count). The van der Waals surface area contributed by atoms with E-state index in [1.165, 1.54) is 0 Å². The Morgan fingerprint density at radius 1 is 1.40 bits per heavy atom. The molecule has 20 heavy (non-hydrogen) atoms. The fourth-order valence-electron chi connectivity index (χ4n) is 2.50. The smallest absolute Gasteiger partial charge is 0.255 e. The van der Waals surface area contributed by atoms with Crippen LogP contribution in [0.25, 0.3) is 0 Å². The Kier molecular flexibility index (Phi) is 4.70. The van der Waals surface area contributed by atoms with E-state index in [1.54, 1.807) is 29.2 Å². The SMILES string of the molecule is CCCN(C(=O)c1ccccc1Cl)C1CCS(=O)(=O)C1. The number of amides is 1. The molecule has 0 aromatic heterocycles. The first kappa shape index (κ1) is 15.3. The molecule has 0 N–H and O–H groups in total. The van der Waals surface area contributed by atoms with Crippen molar-refractivity contribution in [3.8, 4) is 0 Å². The van der Waals surface area contributed by atoms with Crippen LogP contribution in [0.15, 0.2) is 24.3 Å². The second-order valence-corrected chi connectivity index (χ2v) is 7.67. The van der Waals surface area contributed by atoms with Crippen LogP contribution in [0.2, 0.25) is 5.02 Å². The zero-order valence-corrected chi connectivity index (χ0v) is 13.0. The van der Waals surface area contributed by atoms with Crippen molar-refractivity contribution in [1.29, 1.82) is 0 Å². The number of nitrogens with zero attached hydrogens (tertiary/aromatic N) is 1. The van der Waals surface area contributed by atoms with E-state index in [0.717, 1.165) is 6.42 Å². The van der Waals surface area contributed by atoms with Gasteiger partial charge in [-0.05, 0) is 25.0 Å². The molecule has 1 fully saturated rings. The Morgan fingerprint density at radius 3 is 2.65 bits per heavy atom. The van der Waals surface area contributed by atoms with E-state index in [9.17, 15) is 13.2 Å². The Balaban J connectivity index is 2.25. The highest BCUT2D eigenvalue weighted by atomic mass is 35.5. The zero-order valence-electron chi connectivity index (χ0n) is 11.4. The average Bonchev–Trinajstić information content (AvgIpc) is 2.76. The van der Waals surface area contributed by atoms with E-state index in [-0.39, 0.29) is 23.5 Å². The lowest BCUT2D eigenvalue weighted by molar-refractivity contribution is 0.0697. The topological polar surface area (TPSA) is 54.5 Å². The number of halogens is 1.